The summed E-state index contributed by atoms with van der Waals surface area (Å²) in [6.07, 6.45) is -0.0131. The van der Waals surface area contributed by atoms with Gasteiger partial charge in [0, 0.05) is 12.5 Å². The van der Waals surface area contributed by atoms with Gasteiger partial charge in [-0.15, -0.1) is 0 Å². The van der Waals surface area contributed by atoms with Crippen LogP contribution in [0.1, 0.15) is 17.2 Å². The molecule has 0 aliphatic carbocycles. The first-order valence-electron chi connectivity index (χ1n) is 11.2. The molecule has 0 spiro atoms. The number of nitrogens with one attached hydrogen (secondary N) is 1. The Balaban J connectivity index is 1.67. The number of aliphatic carboxylic acids is 1. The minimum Gasteiger partial charge on any atom is -0.495 e. The Hall–Kier alpha value is -4.04. The van der Waals surface area contributed by atoms with Crippen molar-refractivity contribution in [1.29, 1.82) is 0 Å². The molecule has 2 amide bonds. The number of halogens is 1. The zero-order valence-corrected chi connectivity index (χ0v) is 18.9. The molecule has 5 rings (SSSR count). The van der Waals surface area contributed by atoms with Crippen LogP contribution < -0.4 is 15.0 Å². The first-order valence-corrected chi connectivity index (χ1v) is 11.2. The molecule has 35 heavy (non-hydrogen) atoms. The lowest BCUT2D eigenvalue weighted by Gasteiger charge is -2.31. The van der Waals surface area contributed by atoms with Crippen LogP contribution in [0.5, 0.6) is 5.75 Å². The molecule has 2 aliphatic heterocycles. The molecule has 0 bridgehead atoms. The summed E-state index contributed by atoms with van der Waals surface area (Å²) in [5.74, 6) is -4.69. The van der Waals surface area contributed by atoms with E-state index in [2.05, 4.69) is 5.32 Å². The Morgan fingerprint density at radius 2 is 1.66 bits per heavy atom. The number of nitrogens with zero attached hydrogens (tertiary/aromatic N) is 1. The van der Waals surface area contributed by atoms with E-state index in [0.29, 0.717) is 16.9 Å². The average molecular weight is 474 g/mol. The average Bonchev–Trinajstić information content (AvgIpc) is 3.34. The van der Waals surface area contributed by atoms with Gasteiger partial charge in [-0.3, -0.25) is 19.7 Å². The molecule has 3 aromatic rings. The van der Waals surface area contributed by atoms with Crippen molar-refractivity contribution in [2.75, 3.05) is 12.0 Å². The van der Waals surface area contributed by atoms with Gasteiger partial charge in [0.15, 0.2) is 0 Å². The fourth-order valence-corrected chi connectivity index (χ4v) is 5.36. The Morgan fingerprint density at radius 1 is 1.00 bits per heavy atom. The van der Waals surface area contributed by atoms with Gasteiger partial charge in [0.2, 0.25) is 11.8 Å². The predicted octanol–water partition coefficient (Wildman–Crippen LogP) is 3.35. The van der Waals surface area contributed by atoms with Crippen molar-refractivity contribution in [1.82, 2.24) is 5.32 Å². The third kappa shape index (κ3) is 3.57. The molecule has 2 aliphatic rings. The van der Waals surface area contributed by atoms with Crippen LogP contribution in [0.2, 0.25) is 0 Å². The maximum absolute atomic E-state index is 13.9. The van der Waals surface area contributed by atoms with Crippen molar-refractivity contribution < 1.29 is 28.6 Å². The number of rotatable bonds is 6. The quantitative estimate of drug-likeness (QED) is 0.532. The van der Waals surface area contributed by atoms with Gasteiger partial charge < -0.3 is 9.84 Å². The number of hydrogen-bond donors (Lipinski definition) is 2. The number of carbonyl (C=O) groups is 3. The number of ether oxygens (including phenoxy) is 1. The molecular formula is C27H23FN2O5. The lowest BCUT2D eigenvalue weighted by molar-refractivity contribution is -0.148. The highest BCUT2D eigenvalue weighted by Gasteiger charge is 2.68. The third-order valence-electron chi connectivity index (χ3n) is 6.92. The van der Waals surface area contributed by atoms with E-state index in [4.69, 9.17) is 4.74 Å². The zero-order valence-electron chi connectivity index (χ0n) is 18.9. The van der Waals surface area contributed by atoms with Gasteiger partial charge in [0.25, 0.3) is 0 Å². The standard InChI is InChI=1S/C27H23FN2O5/c1-35-20-10-6-5-9-19(20)30-24(31)21-22(25(30)32)27(26(33)34,15-16-7-3-2-4-8-16)29-23(21)17-11-13-18(28)14-12-17/h2-14,21-23,29H,15H2,1H3,(H,33,34)/t21-,22-,23-,27+/m0/s1. The van der Waals surface area contributed by atoms with E-state index in [1.54, 1.807) is 48.5 Å². The number of methoxy groups -OCH3 is 1. The predicted molar refractivity (Wildman–Crippen MR) is 125 cm³/mol. The molecule has 2 fully saturated rings. The number of hydrogen-bond acceptors (Lipinski definition) is 5. The van der Waals surface area contributed by atoms with Crippen LogP contribution in [0.15, 0.2) is 78.9 Å². The lowest BCUT2D eigenvalue weighted by Crippen LogP contribution is -2.57. The van der Waals surface area contributed by atoms with E-state index in [1.165, 1.54) is 31.4 Å². The van der Waals surface area contributed by atoms with Gasteiger partial charge in [-0.05, 0) is 35.4 Å². The molecule has 2 saturated heterocycles. The van der Waals surface area contributed by atoms with Crippen LogP contribution >= 0.6 is 0 Å². The second-order valence-electron chi connectivity index (χ2n) is 8.80. The van der Waals surface area contributed by atoms with E-state index >= 15 is 0 Å². The molecule has 0 saturated carbocycles. The Bertz CT molecular complexity index is 1300. The van der Waals surface area contributed by atoms with Crippen LogP contribution in [0, 0.1) is 17.7 Å². The molecule has 2 N–H and O–H groups in total. The van der Waals surface area contributed by atoms with Gasteiger partial charge in [-0.25, -0.2) is 9.29 Å². The minimum atomic E-state index is -1.76. The summed E-state index contributed by atoms with van der Waals surface area (Å²) >= 11 is 0. The van der Waals surface area contributed by atoms with Gasteiger partial charge in [0.05, 0.1) is 24.6 Å². The Morgan fingerprint density at radius 3 is 2.31 bits per heavy atom. The van der Waals surface area contributed by atoms with Crippen LogP contribution in [0.25, 0.3) is 0 Å². The van der Waals surface area contributed by atoms with E-state index in [1.807, 2.05) is 6.07 Å². The summed E-state index contributed by atoms with van der Waals surface area (Å²) in [7, 11) is 1.44. The van der Waals surface area contributed by atoms with Crippen LogP contribution in [-0.2, 0) is 20.8 Å². The molecule has 3 aromatic carbocycles. The largest absolute Gasteiger partial charge is 0.495 e. The number of amides is 2. The summed E-state index contributed by atoms with van der Waals surface area (Å²) in [6, 6.07) is 20.3. The van der Waals surface area contributed by atoms with Crippen molar-refractivity contribution in [3.05, 3.63) is 95.8 Å². The summed E-state index contributed by atoms with van der Waals surface area (Å²) in [5, 5.41) is 13.6. The highest BCUT2D eigenvalue weighted by Crippen LogP contribution is 2.51. The van der Waals surface area contributed by atoms with Crippen molar-refractivity contribution in [3.8, 4) is 5.75 Å². The molecule has 7 nitrogen and oxygen atoms in total. The van der Waals surface area contributed by atoms with E-state index in [-0.39, 0.29) is 12.1 Å². The summed E-state index contributed by atoms with van der Waals surface area (Å²) < 4.78 is 19.0. The molecule has 0 radical (unpaired) electrons. The third-order valence-corrected chi connectivity index (χ3v) is 6.92. The fourth-order valence-electron chi connectivity index (χ4n) is 5.36. The molecular weight excluding hydrogens is 451 g/mol. The molecule has 4 atom stereocenters. The van der Waals surface area contributed by atoms with E-state index < -0.39 is 47.0 Å². The maximum Gasteiger partial charge on any atom is 0.325 e. The highest BCUT2D eigenvalue weighted by molar-refractivity contribution is 6.24. The molecule has 8 heteroatoms. The second-order valence-corrected chi connectivity index (χ2v) is 8.80. The molecule has 2 heterocycles. The first kappa shape index (κ1) is 22.7. The van der Waals surface area contributed by atoms with Crippen molar-refractivity contribution in [2.45, 2.75) is 18.0 Å². The second kappa shape index (κ2) is 8.63. The Labute approximate surface area is 201 Å². The number of carboxylic acid groups (broad SMARTS) is 1. The molecule has 0 unspecified atom stereocenters. The normalized spacial score (nSPS) is 25.5. The number of carboxylic acids is 1. The summed E-state index contributed by atoms with van der Waals surface area (Å²) in [6.45, 7) is 0. The molecule has 178 valence electrons. The topological polar surface area (TPSA) is 95.9 Å². The first-order chi connectivity index (χ1) is 16.9. The smallest absolute Gasteiger partial charge is 0.325 e. The SMILES string of the molecule is COc1ccccc1N1C(=O)[C@H]2[C@@H](C1=O)[C@](Cc1ccccc1)(C(=O)O)N[C@H]2c1ccc(F)cc1. The zero-order chi connectivity index (χ0) is 24.7. The monoisotopic (exact) mass is 474 g/mol. The highest BCUT2D eigenvalue weighted by atomic mass is 19.1. The van der Waals surface area contributed by atoms with Crippen molar-refractivity contribution in [3.63, 3.8) is 0 Å². The van der Waals surface area contributed by atoms with Gasteiger partial charge >= 0.3 is 5.97 Å². The van der Waals surface area contributed by atoms with Gasteiger partial charge in [-0.1, -0.05) is 54.6 Å². The molecule has 0 aromatic heterocycles. The van der Waals surface area contributed by atoms with Gasteiger partial charge in [-0.2, -0.15) is 0 Å². The minimum absolute atomic E-state index is 0.0131. The summed E-state index contributed by atoms with van der Waals surface area (Å²) in [4.78, 5) is 41.6. The van der Waals surface area contributed by atoms with Crippen LogP contribution in [0.3, 0.4) is 0 Å². The van der Waals surface area contributed by atoms with Crippen LogP contribution in [-0.4, -0.2) is 35.5 Å². The number of para-hydroxylation sites is 2. The number of benzene rings is 3. The fraction of sp³-hybridized carbons (Fsp3) is 0.222. The Kier molecular flexibility index (Phi) is 5.61. The number of carbonyl (C=O) groups excluding carboxylic acids is 2. The number of anilines is 1. The van der Waals surface area contributed by atoms with Crippen molar-refractivity contribution >= 4 is 23.5 Å². The maximum atomic E-state index is 13.9. The number of imide groups is 1. The van der Waals surface area contributed by atoms with E-state index in [0.717, 1.165) is 4.90 Å². The summed E-state index contributed by atoms with van der Waals surface area (Å²) in [5.41, 5.74) is -0.261. The lowest BCUT2D eigenvalue weighted by atomic mass is 9.76. The van der Waals surface area contributed by atoms with Gasteiger partial charge in [0.1, 0.15) is 17.1 Å². The number of fused-ring (bicyclic) bond motifs is 1. The van der Waals surface area contributed by atoms with Crippen LogP contribution in [0.4, 0.5) is 10.1 Å². The van der Waals surface area contributed by atoms with Crippen molar-refractivity contribution in [2.24, 2.45) is 11.8 Å². The van der Waals surface area contributed by atoms with E-state index in [9.17, 15) is 23.9 Å².